The van der Waals surface area contributed by atoms with E-state index in [0.29, 0.717) is 0 Å². The second-order valence-electron chi connectivity index (χ2n) is 4.27. The van der Waals surface area contributed by atoms with E-state index in [0.717, 1.165) is 6.54 Å². The van der Waals surface area contributed by atoms with Gasteiger partial charge in [0.25, 0.3) is 0 Å². The summed E-state index contributed by atoms with van der Waals surface area (Å²) in [7, 11) is 2.16. The van der Waals surface area contributed by atoms with Gasteiger partial charge in [-0.2, -0.15) is 0 Å². The molecule has 0 atom stereocenters. The molecular formula is C17H25N. The van der Waals surface area contributed by atoms with Crippen LogP contribution in [0.3, 0.4) is 0 Å². The first-order valence-electron chi connectivity index (χ1n) is 6.15. The zero-order chi connectivity index (χ0) is 14.1. The average molecular weight is 243 g/mol. The second kappa shape index (κ2) is 8.35. The predicted molar refractivity (Wildman–Crippen MR) is 85.2 cm³/mol. The van der Waals surface area contributed by atoms with E-state index in [4.69, 9.17) is 0 Å². The molecule has 0 aliphatic carbocycles. The van der Waals surface area contributed by atoms with E-state index >= 15 is 0 Å². The molecule has 0 saturated carbocycles. The highest BCUT2D eigenvalue weighted by Gasteiger charge is 2.13. The highest BCUT2D eigenvalue weighted by Crippen LogP contribution is 2.30. The Morgan fingerprint density at radius 2 is 1.78 bits per heavy atom. The number of hydrogen-bond donors (Lipinski definition) is 0. The summed E-state index contributed by atoms with van der Waals surface area (Å²) in [4.78, 5) is 2.32. The molecule has 98 valence electrons. The summed E-state index contributed by atoms with van der Waals surface area (Å²) < 4.78 is 0. The third kappa shape index (κ3) is 4.25. The summed E-state index contributed by atoms with van der Waals surface area (Å²) in [6.45, 7) is 16.7. The van der Waals surface area contributed by atoms with Crippen molar-refractivity contribution < 1.29 is 0 Å². The van der Waals surface area contributed by atoms with Gasteiger partial charge in [0.15, 0.2) is 0 Å². The van der Waals surface area contributed by atoms with Crippen LogP contribution >= 0.6 is 0 Å². The lowest BCUT2D eigenvalue weighted by Crippen LogP contribution is -2.23. The number of benzene rings is 1. The Kier molecular flexibility index (Phi) is 7.53. The smallest absolute Gasteiger partial charge is 0.0469 e. The van der Waals surface area contributed by atoms with Crippen LogP contribution in [0, 0.1) is 6.92 Å². The molecule has 1 heteroatoms. The van der Waals surface area contributed by atoms with Crippen LogP contribution in [0.15, 0.2) is 49.6 Å². The first-order valence-corrected chi connectivity index (χ1v) is 6.15. The molecule has 0 spiro atoms. The van der Waals surface area contributed by atoms with E-state index < -0.39 is 0 Å². The van der Waals surface area contributed by atoms with Crippen molar-refractivity contribution in [1.82, 2.24) is 0 Å². The third-order valence-electron chi connectivity index (χ3n) is 2.54. The van der Waals surface area contributed by atoms with Crippen LogP contribution in [0.1, 0.15) is 25.0 Å². The van der Waals surface area contributed by atoms with Crippen molar-refractivity contribution in [2.45, 2.75) is 20.8 Å². The summed E-state index contributed by atoms with van der Waals surface area (Å²) in [6.07, 6.45) is 4.03. The highest BCUT2D eigenvalue weighted by molar-refractivity contribution is 5.75. The number of allylic oxidation sites excluding steroid dienone is 1. The molecule has 1 aromatic rings. The first-order chi connectivity index (χ1) is 8.60. The summed E-state index contributed by atoms with van der Waals surface area (Å²) in [5.74, 6) is 0. The summed E-state index contributed by atoms with van der Waals surface area (Å²) in [5, 5.41) is 0. The second-order valence-corrected chi connectivity index (χ2v) is 4.27. The van der Waals surface area contributed by atoms with E-state index in [9.17, 15) is 0 Å². The Bertz CT molecular complexity index is 416. The minimum Gasteiger partial charge on any atom is -0.370 e. The molecule has 0 bridgehead atoms. The zero-order valence-corrected chi connectivity index (χ0v) is 12.2. The van der Waals surface area contributed by atoms with Crippen LogP contribution in [-0.4, -0.2) is 13.6 Å². The van der Waals surface area contributed by atoms with Crippen LogP contribution in [0.2, 0.25) is 0 Å². The summed E-state index contributed by atoms with van der Waals surface area (Å²) in [5.41, 5.74) is 5.53. The largest absolute Gasteiger partial charge is 0.370 e. The van der Waals surface area contributed by atoms with E-state index in [1.54, 1.807) is 6.08 Å². The Morgan fingerprint density at radius 1 is 1.22 bits per heavy atom. The van der Waals surface area contributed by atoms with Gasteiger partial charge in [-0.3, -0.25) is 0 Å². The van der Waals surface area contributed by atoms with E-state index in [-0.39, 0.29) is 0 Å². The molecule has 2 rings (SSSR count). The lowest BCUT2D eigenvalue weighted by atomic mass is 10.0. The lowest BCUT2D eigenvalue weighted by molar-refractivity contribution is 0.964. The Morgan fingerprint density at radius 3 is 2.33 bits per heavy atom. The molecule has 0 amide bonds. The van der Waals surface area contributed by atoms with Crippen LogP contribution < -0.4 is 4.90 Å². The number of hydrogen-bond acceptors (Lipinski definition) is 1. The van der Waals surface area contributed by atoms with Crippen LogP contribution in [0.5, 0.6) is 0 Å². The molecule has 1 nitrogen and oxygen atoms in total. The van der Waals surface area contributed by atoms with Gasteiger partial charge in [0.2, 0.25) is 0 Å². The van der Waals surface area contributed by atoms with Gasteiger partial charge >= 0.3 is 0 Å². The topological polar surface area (TPSA) is 3.24 Å². The van der Waals surface area contributed by atoms with Crippen molar-refractivity contribution in [2.75, 3.05) is 18.5 Å². The number of aryl methyl sites for hydroxylation is 1. The van der Waals surface area contributed by atoms with Crippen molar-refractivity contribution in [3.8, 4) is 0 Å². The Labute approximate surface area is 112 Å². The van der Waals surface area contributed by atoms with Gasteiger partial charge in [0.1, 0.15) is 0 Å². The van der Waals surface area contributed by atoms with Crippen molar-refractivity contribution in [3.05, 3.63) is 60.7 Å². The number of rotatable bonds is 0. The summed E-state index contributed by atoms with van der Waals surface area (Å²) >= 11 is 0. The van der Waals surface area contributed by atoms with Crippen molar-refractivity contribution >= 4 is 11.8 Å². The molecule has 0 fully saturated rings. The Hall–Kier alpha value is -1.76. The fourth-order valence-corrected chi connectivity index (χ4v) is 2.08. The predicted octanol–water partition coefficient (Wildman–Crippen LogP) is 4.84. The molecule has 0 aromatic heterocycles. The van der Waals surface area contributed by atoms with Gasteiger partial charge in [-0.1, -0.05) is 35.9 Å². The fraction of sp³-hybridized carbons (Fsp3) is 0.294. The number of nitrogens with zero attached hydrogens (tertiary/aromatic N) is 1. The SMILES string of the molecule is C=C.C=CC.CC1=Cc2cccc(C)c2N(C)C1. The van der Waals surface area contributed by atoms with Crippen molar-refractivity contribution in [2.24, 2.45) is 0 Å². The van der Waals surface area contributed by atoms with Crippen molar-refractivity contribution in [1.29, 1.82) is 0 Å². The van der Waals surface area contributed by atoms with E-state index in [1.165, 1.54) is 22.4 Å². The van der Waals surface area contributed by atoms with Crippen LogP contribution in [0.25, 0.3) is 6.08 Å². The molecule has 0 radical (unpaired) electrons. The van der Waals surface area contributed by atoms with Gasteiger partial charge in [0.05, 0.1) is 0 Å². The van der Waals surface area contributed by atoms with Gasteiger partial charge in [-0.05, 0) is 31.9 Å². The van der Waals surface area contributed by atoms with Gasteiger partial charge < -0.3 is 4.90 Å². The van der Waals surface area contributed by atoms with Crippen LogP contribution in [0.4, 0.5) is 5.69 Å². The minimum absolute atomic E-state index is 1.05. The maximum Gasteiger partial charge on any atom is 0.0469 e. The van der Waals surface area contributed by atoms with Gasteiger partial charge in [-0.15, -0.1) is 19.7 Å². The van der Waals surface area contributed by atoms with Gasteiger partial charge in [-0.25, -0.2) is 0 Å². The molecule has 1 heterocycles. The average Bonchev–Trinajstić information content (AvgIpc) is 2.31. The molecule has 1 aliphatic heterocycles. The normalized spacial score (nSPS) is 12.0. The quantitative estimate of drug-likeness (QED) is 0.589. The molecule has 0 N–H and O–H groups in total. The van der Waals surface area contributed by atoms with E-state index in [1.807, 2.05) is 6.92 Å². The Balaban J connectivity index is 0.000000509. The zero-order valence-electron chi connectivity index (χ0n) is 12.2. The monoisotopic (exact) mass is 243 g/mol. The molecule has 0 saturated heterocycles. The number of fused-ring (bicyclic) bond motifs is 1. The maximum atomic E-state index is 3.36. The van der Waals surface area contributed by atoms with Gasteiger partial charge in [0, 0.05) is 19.3 Å². The molecule has 18 heavy (non-hydrogen) atoms. The molecule has 1 aromatic carbocycles. The fourth-order valence-electron chi connectivity index (χ4n) is 2.08. The molecular weight excluding hydrogens is 218 g/mol. The maximum absolute atomic E-state index is 3.36. The van der Waals surface area contributed by atoms with Crippen molar-refractivity contribution in [3.63, 3.8) is 0 Å². The summed E-state index contributed by atoms with van der Waals surface area (Å²) in [6, 6.07) is 6.47. The lowest BCUT2D eigenvalue weighted by Gasteiger charge is -2.28. The number of likely N-dealkylation sites (N-methyl/N-ethyl adjacent to an activating group) is 1. The third-order valence-corrected chi connectivity index (χ3v) is 2.54. The first kappa shape index (κ1) is 16.2. The number of anilines is 1. The van der Waals surface area contributed by atoms with E-state index in [2.05, 4.69) is 69.8 Å². The molecule has 1 aliphatic rings. The number of para-hydroxylation sites is 1. The van der Waals surface area contributed by atoms with Crippen LogP contribution in [-0.2, 0) is 0 Å². The standard InChI is InChI=1S/C12H15N.C3H6.C2H4/c1-9-7-11-6-4-5-10(2)12(11)13(3)8-9;1-3-2;1-2/h4-7H,8H2,1-3H3;3H,1H2,2H3;1-2H2. The minimum atomic E-state index is 1.05. The molecule has 0 unspecified atom stereocenters. The highest BCUT2D eigenvalue weighted by atomic mass is 15.1.